The van der Waals surface area contributed by atoms with Crippen LogP contribution in [0.25, 0.3) is 0 Å². The van der Waals surface area contributed by atoms with Gasteiger partial charge in [-0.15, -0.1) is 4.57 Å². The first-order chi connectivity index (χ1) is 18.0. The maximum atomic E-state index is 14.6. The number of benzene rings is 2. The number of hydrogen-bond acceptors (Lipinski definition) is 4. The second kappa shape index (κ2) is 8.19. The predicted octanol–water partition coefficient (Wildman–Crippen LogP) is 5.10. The third kappa shape index (κ3) is 3.23. The highest BCUT2D eigenvalue weighted by Crippen LogP contribution is 2.62. The first-order valence-electron chi connectivity index (χ1n) is 12.0. The molecule has 3 N–H and O–H groups in total. The molecule has 3 aromatic rings. The van der Waals surface area contributed by atoms with Crippen molar-refractivity contribution in [3.05, 3.63) is 99.1 Å². The number of anilines is 1. The molecule has 1 aromatic heterocycles. The largest absolute Gasteiger partial charge is 0.473 e. The molecule has 0 bridgehead atoms. The van der Waals surface area contributed by atoms with Crippen LogP contribution in [-0.2, 0) is 20.7 Å². The molecule has 1 fully saturated rings. The van der Waals surface area contributed by atoms with Crippen molar-refractivity contribution < 1.29 is 28.4 Å². The molecular formula is C28H23Cl2FN3O4+. The van der Waals surface area contributed by atoms with Gasteiger partial charge in [0.2, 0.25) is 5.91 Å². The van der Waals surface area contributed by atoms with Crippen LogP contribution in [0.1, 0.15) is 47.6 Å². The van der Waals surface area contributed by atoms with E-state index in [9.17, 15) is 19.1 Å². The molecule has 3 aliphatic heterocycles. The standard InChI is InChI=1S/C28H22Cl2FN3O4/c1-13-4-6-17(31)10-18(13)24-28(14(2)32-22-9-15(29)5-7-20(22)28)21(11-23(35)33-24)19-8-16(30)12-34-25(19)38-27(34,3)26(36)37/h4-10,12,21,24,32H,2,11H2,1,3H3,(H-,33,35,36,37)/p+1. The molecule has 1 saturated heterocycles. The fourth-order valence-corrected chi connectivity index (χ4v) is 6.59. The van der Waals surface area contributed by atoms with Crippen LogP contribution in [0.3, 0.4) is 0 Å². The van der Waals surface area contributed by atoms with Gasteiger partial charge in [-0.2, -0.15) is 0 Å². The summed E-state index contributed by atoms with van der Waals surface area (Å²) < 4.78 is 22.0. The number of rotatable bonds is 3. The third-order valence-corrected chi connectivity index (χ3v) is 8.45. The van der Waals surface area contributed by atoms with Gasteiger partial charge in [-0.05, 0) is 53.9 Å². The summed E-state index contributed by atoms with van der Waals surface area (Å²) in [5.74, 6) is -2.19. The second-order valence-electron chi connectivity index (χ2n) is 10.1. The summed E-state index contributed by atoms with van der Waals surface area (Å²) in [6, 6.07) is 10.9. The first kappa shape index (κ1) is 24.7. The minimum Gasteiger partial charge on any atom is -0.473 e. The average Bonchev–Trinajstić information content (AvgIpc) is 3.13. The van der Waals surface area contributed by atoms with Gasteiger partial charge in [0.15, 0.2) is 6.20 Å². The topological polar surface area (TPSA) is 91.5 Å². The molecule has 10 heteroatoms. The van der Waals surface area contributed by atoms with Crippen LogP contribution in [0.4, 0.5) is 10.1 Å². The van der Waals surface area contributed by atoms with E-state index < -0.39 is 34.9 Å². The highest BCUT2D eigenvalue weighted by Gasteiger charge is 2.64. The Balaban J connectivity index is 1.66. The van der Waals surface area contributed by atoms with Gasteiger partial charge in [0.05, 0.1) is 23.9 Å². The van der Waals surface area contributed by atoms with Gasteiger partial charge in [-0.3, -0.25) is 4.79 Å². The van der Waals surface area contributed by atoms with Crippen LogP contribution in [0.2, 0.25) is 10.0 Å². The van der Waals surface area contributed by atoms with Crippen LogP contribution in [0.15, 0.2) is 60.9 Å². The SMILES string of the molecule is C=C1Nc2cc(Cl)ccc2C12C(c1cc(Cl)c[n+]3c1OC3(C)C(=O)O)CC(=O)NC2c1cc(F)ccc1C. The number of carboxylic acid groups (broad SMARTS) is 1. The Morgan fingerprint density at radius 1 is 1.18 bits per heavy atom. The van der Waals surface area contributed by atoms with Crippen molar-refractivity contribution in [2.24, 2.45) is 0 Å². The molecule has 4 atom stereocenters. The summed E-state index contributed by atoms with van der Waals surface area (Å²) in [6.07, 6.45) is 1.52. The summed E-state index contributed by atoms with van der Waals surface area (Å²) in [6.45, 7) is 7.66. The van der Waals surface area contributed by atoms with Gasteiger partial charge in [0, 0.05) is 28.7 Å². The lowest BCUT2D eigenvalue weighted by Gasteiger charge is -2.49. The van der Waals surface area contributed by atoms with Crippen molar-refractivity contribution in [3.8, 4) is 5.88 Å². The summed E-state index contributed by atoms with van der Waals surface area (Å²) in [4.78, 5) is 25.3. The number of carbonyl (C=O) groups excluding carboxylic acids is 1. The van der Waals surface area contributed by atoms with E-state index in [0.29, 0.717) is 33.4 Å². The summed E-state index contributed by atoms with van der Waals surface area (Å²) in [5, 5.41) is 17.1. The fourth-order valence-electron chi connectivity index (χ4n) is 6.21. The Bertz CT molecular complexity index is 1590. The molecular weight excluding hydrogens is 532 g/mol. The summed E-state index contributed by atoms with van der Waals surface area (Å²) in [7, 11) is 0. The molecule has 4 heterocycles. The molecule has 4 unspecified atom stereocenters. The first-order valence-corrected chi connectivity index (χ1v) is 12.7. The minimum atomic E-state index is -1.64. The lowest BCUT2D eigenvalue weighted by atomic mass is 9.58. The van der Waals surface area contributed by atoms with E-state index in [2.05, 4.69) is 17.2 Å². The van der Waals surface area contributed by atoms with E-state index in [-0.39, 0.29) is 17.4 Å². The number of nitrogens with one attached hydrogen (secondary N) is 2. The molecule has 2 aromatic carbocycles. The lowest BCUT2D eigenvalue weighted by molar-refractivity contribution is -0.844. The maximum Gasteiger partial charge on any atom is 0.420 e. The van der Waals surface area contributed by atoms with Crippen LogP contribution in [0.5, 0.6) is 5.88 Å². The van der Waals surface area contributed by atoms with Crippen molar-refractivity contribution >= 4 is 40.8 Å². The van der Waals surface area contributed by atoms with E-state index in [1.54, 1.807) is 24.3 Å². The zero-order valence-electron chi connectivity index (χ0n) is 20.4. The number of carboxylic acids is 1. The monoisotopic (exact) mass is 554 g/mol. The van der Waals surface area contributed by atoms with Crippen molar-refractivity contribution in [1.29, 1.82) is 0 Å². The summed E-state index contributed by atoms with van der Waals surface area (Å²) >= 11 is 12.8. The smallest absolute Gasteiger partial charge is 0.420 e. The van der Waals surface area contributed by atoms with Gasteiger partial charge >= 0.3 is 17.6 Å². The Kier molecular flexibility index (Phi) is 5.32. The molecule has 1 spiro atoms. The number of nitrogens with zero attached hydrogens (tertiary/aromatic N) is 1. The quantitative estimate of drug-likeness (QED) is 0.392. The second-order valence-corrected chi connectivity index (χ2v) is 11.0. The number of aliphatic carboxylic acids is 1. The number of hydrogen-bond donors (Lipinski definition) is 3. The number of ether oxygens (including phenoxy) is 1. The third-order valence-electron chi connectivity index (χ3n) is 8.00. The number of amides is 1. The molecule has 0 radical (unpaired) electrons. The number of piperidine rings is 1. The molecule has 1 amide bonds. The van der Waals surface area contributed by atoms with E-state index in [1.165, 1.54) is 29.8 Å². The van der Waals surface area contributed by atoms with E-state index in [1.807, 2.05) is 13.0 Å². The fraction of sp³-hybridized carbons (Fsp3) is 0.250. The predicted molar refractivity (Wildman–Crippen MR) is 139 cm³/mol. The zero-order valence-corrected chi connectivity index (χ0v) is 22.0. The number of aryl methyl sites for hydroxylation is 1. The average molecular weight is 555 g/mol. The Morgan fingerprint density at radius 2 is 1.95 bits per heavy atom. The van der Waals surface area contributed by atoms with Crippen molar-refractivity contribution in [3.63, 3.8) is 0 Å². The van der Waals surface area contributed by atoms with E-state index in [0.717, 1.165) is 11.1 Å². The Morgan fingerprint density at radius 3 is 2.68 bits per heavy atom. The normalized spacial score (nSPS) is 27.1. The number of carbonyl (C=O) groups is 2. The highest BCUT2D eigenvalue weighted by atomic mass is 35.5. The van der Waals surface area contributed by atoms with E-state index >= 15 is 0 Å². The number of pyridine rings is 1. The Hall–Kier alpha value is -3.62. The molecule has 0 aliphatic carbocycles. The van der Waals surface area contributed by atoms with Crippen LogP contribution in [-0.4, -0.2) is 17.0 Å². The van der Waals surface area contributed by atoms with Crippen molar-refractivity contribution in [2.75, 3.05) is 5.32 Å². The number of fused-ring (bicyclic) bond motifs is 3. The van der Waals surface area contributed by atoms with Gasteiger partial charge in [0.1, 0.15) is 10.8 Å². The number of halogens is 3. The maximum absolute atomic E-state index is 14.6. The Labute approximate surface area is 227 Å². The lowest BCUT2D eigenvalue weighted by Crippen LogP contribution is -2.72. The highest BCUT2D eigenvalue weighted by molar-refractivity contribution is 6.31. The van der Waals surface area contributed by atoms with Crippen LogP contribution in [0, 0.1) is 12.7 Å². The van der Waals surface area contributed by atoms with Gasteiger partial charge in [0.25, 0.3) is 0 Å². The number of aromatic nitrogens is 1. The molecule has 194 valence electrons. The van der Waals surface area contributed by atoms with Crippen LogP contribution < -0.4 is 19.9 Å². The minimum absolute atomic E-state index is 0.0219. The molecule has 3 aliphatic rings. The molecule has 0 saturated carbocycles. The molecule has 38 heavy (non-hydrogen) atoms. The van der Waals surface area contributed by atoms with Gasteiger partial charge < -0.3 is 20.5 Å². The van der Waals surface area contributed by atoms with E-state index in [4.69, 9.17) is 27.9 Å². The summed E-state index contributed by atoms with van der Waals surface area (Å²) in [5.41, 5.74) is 1.37. The van der Waals surface area contributed by atoms with Crippen LogP contribution >= 0.6 is 23.2 Å². The van der Waals surface area contributed by atoms with Crippen molar-refractivity contribution in [1.82, 2.24) is 5.32 Å². The van der Waals surface area contributed by atoms with Gasteiger partial charge in [-0.1, -0.05) is 41.9 Å². The van der Waals surface area contributed by atoms with Gasteiger partial charge in [-0.25, -0.2) is 9.18 Å². The molecule has 7 nitrogen and oxygen atoms in total. The van der Waals surface area contributed by atoms with Crippen molar-refractivity contribution in [2.45, 2.75) is 43.4 Å². The molecule has 6 rings (SSSR count). The zero-order chi connectivity index (χ0) is 27.1.